The van der Waals surface area contributed by atoms with Gasteiger partial charge in [-0.05, 0) is 25.0 Å². The maximum Gasteiger partial charge on any atom is 0.204 e. The zero-order valence-corrected chi connectivity index (χ0v) is 13.1. The topological polar surface area (TPSA) is 46.6 Å². The van der Waals surface area contributed by atoms with E-state index in [1.807, 2.05) is 12.1 Å². The number of hydrogen-bond acceptors (Lipinski definition) is 4. The highest BCUT2D eigenvalue weighted by Crippen LogP contribution is 2.41. The van der Waals surface area contributed by atoms with Crippen molar-refractivity contribution in [3.8, 4) is 0 Å². The summed E-state index contributed by atoms with van der Waals surface area (Å²) in [5.41, 5.74) is 0. The standard InChI is InChI=1S/C16H21NO3S/c1-12(21(18,19)13-8-4-3-5-9-13)16-14-10-6-7-11-15(14)17(2)20-16/h3-5,8-9,14-16H,1,6-7,10-11H2,2H3/t14-,15+,16+/m0/s1. The van der Waals surface area contributed by atoms with Gasteiger partial charge in [-0.2, -0.15) is 5.06 Å². The molecule has 2 fully saturated rings. The molecule has 4 nitrogen and oxygen atoms in total. The van der Waals surface area contributed by atoms with E-state index in [0.29, 0.717) is 10.9 Å². The molecule has 1 heterocycles. The lowest BCUT2D eigenvalue weighted by atomic mass is 9.82. The lowest BCUT2D eigenvalue weighted by Gasteiger charge is -2.28. The first-order valence-corrected chi connectivity index (χ1v) is 8.88. The van der Waals surface area contributed by atoms with Crippen LogP contribution < -0.4 is 0 Å². The van der Waals surface area contributed by atoms with E-state index in [9.17, 15) is 8.42 Å². The van der Waals surface area contributed by atoms with Crippen LogP contribution in [0.4, 0.5) is 0 Å². The Hall–Kier alpha value is -1.17. The Balaban J connectivity index is 1.88. The predicted molar refractivity (Wildman–Crippen MR) is 81.1 cm³/mol. The van der Waals surface area contributed by atoms with Crippen LogP contribution in [0.25, 0.3) is 0 Å². The summed E-state index contributed by atoms with van der Waals surface area (Å²) >= 11 is 0. The molecule has 1 aromatic carbocycles. The Labute approximate surface area is 126 Å². The molecule has 0 bridgehead atoms. The molecule has 5 heteroatoms. The molecule has 0 N–H and O–H groups in total. The van der Waals surface area contributed by atoms with Crippen molar-refractivity contribution in [2.24, 2.45) is 5.92 Å². The monoisotopic (exact) mass is 307 g/mol. The van der Waals surface area contributed by atoms with Gasteiger partial charge in [-0.15, -0.1) is 0 Å². The van der Waals surface area contributed by atoms with Crippen LogP contribution in [0.2, 0.25) is 0 Å². The molecule has 1 aliphatic carbocycles. The molecular weight excluding hydrogens is 286 g/mol. The maximum atomic E-state index is 12.7. The SMILES string of the molecule is C=C([C@H]1ON(C)[C@@H]2CCCC[C@H]12)S(=O)(=O)c1ccccc1. The Morgan fingerprint density at radius 1 is 1.24 bits per heavy atom. The number of rotatable bonds is 3. The molecule has 1 aromatic rings. The van der Waals surface area contributed by atoms with Gasteiger partial charge in [0.2, 0.25) is 9.84 Å². The Morgan fingerprint density at radius 2 is 1.90 bits per heavy atom. The summed E-state index contributed by atoms with van der Waals surface area (Å²) in [7, 11) is -1.65. The zero-order chi connectivity index (χ0) is 15.0. The van der Waals surface area contributed by atoms with Crippen molar-refractivity contribution in [3.63, 3.8) is 0 Å². The highest BCUT2D eigenvalue weighted by atomic mass is 32.2. The second-order valence-corrected chi connectivity index (χ2v) is 7.87. The molecule has 114 valence electrons. The third-order valence-corrected chi connectivity index (χ3v) is 6.45. The van der Waals surface area contributed by atoms with Crippen molar-refractivity contribution in [3.05, 3.63) is 41.8 Å². The van der Waals surface area contributed by atoms with E-state index in [2.05, 4.69) is 6.58 Å². The van der Waals surface area contributed by atoms with Crippen LogP contribution in [0.3, 0.4) is 0 Å². The Morgan fingerprint density at radius 3 is 2.62 bits per heavy atom. The minimum atomic E-state index is -3.54. The summed E-state index contributed by atoms with van der Waals surface area (Å²) in [5.74, 6) is 0.231. The number of sulfone groups is 1. The van der Waals surface area contributed by atoms with Crippen molar-refractivity contribution < 1.29 is 13.3 Å². The maximum absolute atomic E-state index is 12.7. The minimum absolute atomic E-state index is 0.190. The van der Waals surface area contributed by atoms with Crippen LogP contribution in [0.15, 0.2) is 46.7 Å². The highest BCUT2D eigenvalue weighted by Gasteiger charge is 2.46. The first-order chi connectivity index (χ1) is 10.0. The molecule has 0 aromatic heterocycles. The van der Waals surface area contributed by atoms with Crippen LogP contribution in [0, 0.1) is 5.92 Å². The van der Waals surface area contributed by atoms with Crippen LogP contribution in [0.1, 0.15) is 25.7 Å². The smallest absolute Gasteiger partial charge is 0.204 e. The van der Waals surface area contributed by atoms with E-state index >= 15 is 0 Å². The van der Waals surface area contributed by atoms with E-state index in [-0.39, 0.29) is 10.8 Å². The number of benzene rings is 1. The lowest BCUT2D eigenvalue weighted by molar-refractivity contribution is -0.132. The van der Waals surface area contributed by atoms with Gasteiger partial charge in [-0.25, -0.2) is 8.42 Å². The molecule has 1 saturated carbocycles. The Kier molecular flexibility index (Phi) is 3.90. The highest BCUT2D eigenvalue weighted by molar-refractivity contribution is 7.95. The van der Waals surface area contributed by atoms with E-state index in [1.54, 1.807) is 30.3 Å². The van der Waals surface area contributed by atoms with E-state index in [0.717, 1.165) is 19.3 Å². The number of fused-ring (bicyclic) bond motifs is 1. The molecule has 1 aliphatic heterocycles. The fourth-order valence-electron chi connectivity index (χ4n) is 3.48. The third-order valence-electron chi connectivity index (χ3n) is 4.63. The summed E-state index contributed by atoms with van der Waals surface area (Å²) in [4.78, 5) is 6.31. The third kappa shape index (κ3) is 2.54. The van der Waals surface area contributed by atoms with Crippen LogP contribution >= 0.6 is 0 Å². The summed E-state index contributed by atoms with van der Waals surface area (Å²) in [6, 6.07) is 8.79. The molecule has 3 rings (SSSR count). The fourth-order valence-corrected chi connectivity index (χ4v) is 4.82. The summed E-state index contributed by atoms with van der Waals surface area (Å²) in [6.07, 6.45) is 3.96. The Bertz CT molecular complexity index is 626. The van der Waals surface area contributed by atoms with E-state index in [4.69, 9.17) is 4.84 Å². The van der Waals surface area contributed by atoms with Gasteiger partial charge in [0.05, 0.1) is 9.80 Å². The zero-order valence-electron chi connectivity index (χ0n) is 12.2. The normalized spacial score (nSPS) is 30.0. The van der Waals surface area contributed by atoms with Gasteiger partial charge >= 0.3 is 0 Å². The summed E-state index contributed by atoms with van der Waals surface area (Å²) in [6.45, 7) is 3.87. The quantitative estimate of drug-likeness (QED) is 0.861. The van der Waals surface area contributed by atoms with Crippen molar-refractivity contribution in [2.45, 2.75) is 42.7 Å². The van der Waals surface area contributed by atoms with Crippen molar-refractivity contribution >= 4 is 9.84 Å². The van der Waals surface area contributed by atoms with Crippen molar-refractivity contribution in [1.82, 2.24) is 5.06 Å². The molecule has 0 amide bonds. The van der Waals surface area contributed by atoms with Gasteiger partial charge in [0.15, 0.2) is 0 Å². The first kappa shape index (κ1) is 14.8. The number of hydroxylamine groups is 2. The lowest BCUT2D eigenvalue weighted by Crippen LogP contribution is -2.33. The van der Waals surface area contributed by atoms with Crippen molar-refractivity contribution in [2.75, 3.05) is 7.05 Å². The van der Waals surface area contributed by atoms with Gasteiger partial charge in [0.1, 0.15) is 6.10 Å². The van der Waals surface area contributed by atoms with Gasteiger partial charge in [0.25, 0.3) is 0 Å². The van der Waals surface area contributed by atoms with Crippen LogP contribution in [-0.2, 0) is 14.7 Å². The molecule has 21 heavy (non-hydrogen) atoms. The summed E-state index contributed by atoms with van der Waals surface area (Å²) in [5, 5.41) is 1.83. The summed E-state index contributed by atoms with van der Waals surface area (Å²) < 4.78 is 25.4. The average Bonchev–Trinajstić information content (AvgIpc) is 2.85. The second-order valence-electron chi connectivity index (χ2n) is 5.87. The van der Waals surface area contributed by atoms with Gasteiger partial charge in [-0.3, -0.25) is 4.84 Å². The van der Waals surface area contributed by atoms with Gasteiger partial charge in [-0.1, -0.05) is 37.6 Å². The average molecular weight is 307 g/mol. The van der Waals surface area contributed by atoms with Gasteiger partial charge in [0, 0.05) is 19.0 Å². The predicted octanol–water partition coefficient (Wildman–Crippen LogP) is 2.78. The molecule has 1 saturated heterocycles. The molecular formula is C16H21NO3S. The molecule has 0 radical (unpaired) electrons. The molecule has 0 spiro atoms. The van der Waals surface area contributed by atoms with E-state index < -0.39 is 15.9 Å². The van der Waals surface area contributed by atoms with Gasteiger partial charge < -0.3 is 0 Å². The molecule has 2 aliphatic rings. The largest absolute Gasteiger partial charge is 0.290 e. The first-order valence-electron chi connectivity index (χ1n) is 7.40. The molecule has 3 atom stereocenters. The van der Waals surface area contributed by atoms with E-state index in [1.165, 1.54) is 6.42 Å². The molecule has 0 unspecified atom stereocenters. The number of hydrogen-bond donors (Lipinski definition) is 0. The van der Waals surface area contributed by atoms with Crippen LogP contribution in [0.5, 0.6) is 0 Å². The minimum Gasteiger partial charge on any atom is -0.290 e. The fraction of sp³-hybridized carbons (Fsp3) is 0.500. The van der Waals surface area contributed by atoms with Crippen LogP contribution in [-0.4, -0.2) is 32.7 Å². The number of nitrogens with zero attached hydrogens (tertiary/aromatic N) is 1. The van der Waals surface area contributed by atoms with Crippen molar-refractivity contribution in [1.29, 1.82) is 0 Å². The second kappa shape index (κ2) is 5.55.